The Hall–Kier alpha value is -2.58. The van der Waals surface area contributed by atoms with E-state index in [9.17, 15) is 0 Å². The molecule has 0 radical (unpaired) electrons. The van der Waals surface area contributed by atoms with Crippen LogP contribution in [0.3, 0.4) is 0 Å². The van der Waals surface area contributed by atoms with E-state index in [1.54, 1.807) is 35.1 Å². The van der Waals surface area contributed by atoms with E-state index in [2.05, 4.69) is 15.3 Å². The fraction of sp³-hybridized carbons (Fsp3) is 0.176. The van der Waals surface area contributed by atoms with E-state index >= 15 is 0 Å². The number of hydrogen-bond donors (Lipinski definition) is 2. The Kier molecular flexibility index (Phi) is 6.37. The second kappa shape index (κ2) is 8.50. The average Bonchev–Trinajstić information content (AvgIpc) is 2.94. The highest BCUT2D eigenvalue weighted by Gasteiger charge is 2.08. The minimum absolute atomic E-state index is 0. The SMILES string of the molecule is C[n+]1cccc(Cn2ncc(N=Nc3ccc(CO)cc3)c2N)c1.[Br-]. The average molecular weight is 403 g/mol. The number of aliphatic hydroxyl groups is 1. The van der Waals surface area contributed by atoms with Crippen molar-refractivity contribution in [3.8, 4) is 0 Å². The van der Waals surface area contributed by atoms with E-state index in [1.165, 1.54) is 0 Å². The maximum absolute atomic E-state index is 9.03. The highest BCUT2D eigenvalue weighted by molar-refractivity contribution is 5.56. The number of aryl methyl sites for hydroxylation is 1. The fourth-order valence-corrected chi connectivity index (χ4v) is 2.28. The predicted molar refractivity (Wildman–Crippen MR) is 89.9 cm³/mol. The lowest BCUT2D eigenvalue weighted by Gasteiger charge is -2.03. The van der Waals surface area contributed by atoms with Gasteiger partial charge < -0.3 is 27.8 Å². The number of halogens is 1. The smallest absolute Gasteiger partial charge is 0.173 e. The van der Waals surface area contributed by atoms with Crippen molar-refractivity contribution in [3.05, 3.63) is 66.1 Å². The lowest BCUT2D eigenvalue weighted by Crippen LogP contribution is -3.00. The third-order valence-electron chi connectivity index (χ3n) is 3.59. The zero-order valence-corrected chi connectivity index (χ0v) is 15.3. The largest absolute Gasteiger partial charge is 1.00 e. The van der Waals surface area contributed by atoms with Crippen molar-refractivity contribution >= 4 is 17.2 Å². The van der Waals surface area contributed by atoms with Gasteiger partial charge in [0.1, 0.15) is 18.6 Å². The van der Waals surface area contributed by atoms with Crippen LogP contribution >= 0.6 is 0 Å². The summed E-state index contributed by atoms with van der Waals surface area (Å²) >= 11 is 0. The molecule has 1 aromatic carbocycles. The van der Waals surface area contributed by atoms with Gasteiger partial charge in [0, 0.05) is 11.6 Å². The fourth-order valence-electron chi connectivity index (χ4n) is 2.28. The van der Waals surface area contributed by atoms with Crippen LogP contribution in [0.2, 0.25) is 0 Å². The number of anilines is 1. The quantitative estimate of drug-likeness (QED) is 0.434. The predicted octanol–water partition coefficient (Wildman–Crippen LogP) is -0.750. The standard InChI is InChI=1S/C17H19N6O.BrH/c1-22-8-2-3-14(10-22)11-23-17(18)16(9-19-23)21-20-15-6-4-13(12-24)5-7-15;/h2-10,24H,11-12,18H2,1H3;1H/q+1;/p-1. The van der Waals surface area contributed by atoms with Crippen LogP contribution < -0.4 is 27.3 Å². The number of nitrogens with two attached hydrogens (primary N) is 1. The summed E-state index contributed by atoms with van der Waals surface area (Å²) in [5.41, 5.74) is 9.25. The van der Waals surface area contributed by atoms with Crippen LogP contribution in [0.1, 0.15) is 11.1 Å². The highest BCUT2D eigenvalue weighted by atomic mass is 79.9. The van der Waals surface area contributed by atoms with Crippen LogP contribution in [0.5, 0.6) is 0 Å². The maximum Gasteiger partial charge on any atom is 0.173 e. The van der Waals surface area contributed by atoms with Crippen LogP contribution in [-0.2, 0) is 20.2 Å². The molecular weight excluding hydrogens is 384 g/mol. The molecule has 25 heavy (non-hydrogen) atoms. The Bertz CT molecular complexity index is 860. The number of rotatable bonds is 5. The van der Waals surface area contributed by atoms with Crippen molar-refractivity contribution in [1.82, 2.24) is 9.78 Å². The molecule has 0 saturated carbocycles. The van der Waals surface area contributed by atoms with Crippen molar-refractivity contribution < 1.29 is 26.7 Å². The molecule has 0 spiro atoms. The highest BCUT2D eigenvalue weighted by Crippen LogP contribution is 2.24. The van der Waals surface area contributed by atoms with E-state index in [4.69, 9.17) is 10.8 Å². The summed E-state index contributed by atoms with van der Waals surface area (Å²) in [5, 5.41) is 21.6. The van der Waals surface area contributed by atoms with Gasteiger partial charge in [0.15, 0.2) is 12.4 Å². The minimum atomic E-state index is 0. The third kappa shape index (κ3) is 4.71. The summed E-state index contributed by atoms with van der Waals surface area (Å²) in [6.07, 6.45) is 5.59. The van der Waals surface area contributed by atoms with Gasteiger partial charge in [0.05, 0.1) is 25.0 Å². The summed E-state index contributed by atoms with van der Waals surface area (Å²) in [5.74, 6) is 0.470. The number of nitrogen functional groups attached to an aromatic ring is 1. The van der Waals surface area contributed by atoms with E-state index in [-0.39, 0.29) is 23.6 Å². The summed E-state index contributed by atoms with van der Waals surface area (Å²) < 4.78 is 3.67. The lowest BCUT2D eigenvalue weighted by molar-refractivity contribution is -0.671. The Labute approximate surface area is 156 Å². The molecule has 0 bridgehead atoms. The first kappa shape index (κ1) is 18.8. The lowest BCUT2D eigenvalue weighted by atomic mass is 10.2. The van der Waals surface area contributed by atoms with Gasteiger partial charge in [-0.3, -0.25) is 0 Å². The normalized spacial score (nSPS) is 10.8. The van der Waals surface area contributed by atoms with Gasteiger partial charge in [-0.15, -0.1) is 5.11 Å². The van der Waals surface area contributed by atoms with Crippen molar-refractivity contribution in [2.45, 2.75) is 13.2 Å². The van der Waals surface area contributed by atoms with Gasteiger partial charge in [-0.05, 0) is 23.8 Å². The molecular formula is C17H19BrN6O. The Morgan fingerprint density at radius 1 is 1.16 bits per heavy atom. The van der Waals surface area contributed by atoms with Crippen molar-refractivity contribution in [1.29, 1.82) is 0 Å². The summed E-state index contributed by atoms with van der Waals surface area (Å²) in [6.45, 7) is 0.579. The molecule has 8 heteroatoms. The Morgan fingerprint density at radius 3 is 2.60 bits per heavy atom. The molecule has 0 unspecified atom stereocenters. The van der Waals surface area contributed by atoms with Gasteiger partial charge in [-0.2, -0.15) is 10.2 Å². The monoisotopic (exact) mass is 402 g/mol. The molecule has 7 nitrogen and oxygen atoms in total. The molecule has 0 saturated heterocycles. The first-order chi connectivity index (χ1) is 11.7. The molecule has 0 aliphatic rings. The number of hydrogen-bond acceptors (Lipinski definition) is 5. The van der Waals surface area contributed by atoms with Crippen LogP contribution in [0.4, 0.5) is 17.2 Å². The van der Waals surface area contributed by atoms with Gasteiger partial charge in [-0.25, -0.2) is 9.25 Å². The van der Waals surface area contributed by atoms with Gasteiger partial charge in [-0.1, -0.05) is 12.1 Å². The molecule has 0 aliphatic carbocycles. The molecule has 3 N–H and O–H groups in total. The van der Waals surface area contributed by atoms with Crippen molar-refractivity contribution in [3.63, 3.8) is 0 Å². The second-order valence-corrected chi connectivity index (χ2v) is 5.47. The zero-order chi connectivity index (χ0) is 16.9. The minimum Gasteiger partial charge on any atom is -1.00 e. The van der Waals surface area contributed by atoms with Crippen LogP contribution in [0.25, 0.3) is 0 Å². The Balaban J connectivity index is 0.00000225. The number of benzene rings is 1. The van der Waals surface area contributed by atoms with Crippen LogP contribution in [0.15, 0.2) is 65.2 Å². The zero-order valence-electron chi connectivity index (χ0n) is 13.7. The van der Waals surface area contributed by atoms with Gasteiger partial charge in [0.25, 0.3) is 0 Å². The third-order valence-corrected chi connectivity index (χ3v) is 3.59. The molecule has 0 atom stereocenters. The van der Waals surface area contributed by atoms with Crippen molar-refractivity contribution in [2.24, 2.45) is 17.3 Å². The van der Waals surface area contributed by atoms with E-state index < -0.39 is 0 Å². The van der Waals surface area contributed by atoms with E-state index in [1.807, 2.05) is 36.1 Å². The number of nitrogens with zero attached hydrogens (tertiary/aromatic N) is 5. The molecule has 3 rings (SSSR count). The number of azo groups is 1. The van der Waals surface area contributed by atoms with Crippen LogP contribution in [-0.4, -0.2) is 14.9 Å². The second-order valence-electron chi connectivity index (χ2n) is 5.47. The molecule has 0 amide bonds. The first-order valence-electron chi connectivity index (χ1n) is 7.52. The first-order valence-corrected chi connectivity index (χ1v) is 7.52. The number of aromatic nitrogens is 3. The maximum atomic E-state index is 9.03. The summed E-state index contributed by atoms with van der Waals surface area (Å²) in [6, 6.07) is 11.2. The Morgan fingerprint density at radius 2 is 1.92 bits per heavy atom. The molecule has 130 valence electrons. The van der Waals surface area contributed by atoms with E-state index in [0.29, 0.717) is 23.7 Å². The van der Waals surface area contributed by atoms with Crippen molar-refractivity contribution in [2.75, 3.05) is 5.73 Å². The van der Waals surface area contributed by atoms with Gasteiger partial charge >= 0.3 is 0 Å². The van der Waals surface area contributed by atoms with Gasteiger partial charge in [0.2, 0.25) is 0 Å². The summed E-state index contributed by atoms with van der Waals surface area (Å²) in [7, 11) is 1.97. The van der Waals surface area contributed by atoms with E-state index in [0.717, 1.165) is 11.1 Å². The molecule has 2 aromatic heterocycles. The number of aliphatic hydroxyl groups excluding tert-OH is 1. The molecule has 0 aliphatic heterocycles. The number of pyridine rings is 1. The summed E-state index contributed by atoms with van der Waals surface area (Å²) in [4.78, 5) is 0. The molecule has 3 aromatic rings. The van der Waals surface area contributed by atoms with Crippen LogP contribution in [0, 0.1) is 0 Å². The topological polar surface area (TPSA) is 92.7 Å². The molecule has 0 fully saturated rings. The molecule has 2 heterocycles.